The van der Waals surface area contributed by atoms with Crippen molar-refractivity contribution < 1.29 is 9.59 Å². The molecule has 0 spiro atoms. The van der Waals surface area contributed by atoms with Crippen molar-refractivity contribution >= 4 is 52.1 Å². The molecule has 1 aliphatic heterocycles. The molecule has 1 saturated heterocycles. The summed E-state index contributed by atoms with van der Waals surface area (Å²) in [6.07, 6.45) is -0.00914. The molecule has 0 bridgehead atoms. The van der Waals surface area contributed by atoms with Crippen LogP contribution in [0.15, 0.2) is 84.9 Å². The summed E-state index contributed by atoms with van der Waals surface area (Å²) in [7, 11) is 0. The highest BCUT2D eigenvalue weighted by Gasteiger charge is 2.44. The number of hydrogen-bond acceptors (Lipinski definition) is 3. The zero-order valence-corrected chi connectivity index (χ0v) is 18.1. The van der Waals surface area contributed by atoms with Crippen LogP contribution in [0.5, 0.6) is 0 Å². The normalized spacial score (nSPS) is 16.0. The fourth-order valence-corrected chi connectivity index (χ4v) is 4.04. The molecule has 31 heavy (non-hydrogen) atoms. The number of carbonyl (C=O) groups is 2. The summed E-state index contributed by atoms with van der Waals surface area (Å²) in [5.41, 5.74) is 2.32. The maximum atomic E-state index is 13.4. The molecule has 3 aromatic carbocycles. The summed E-state index contributed by atoms with van der Waals surface area (Å²) >= 11 is 11.7. The predicted molar refractivity (Wildman–Crippen MR) is 127 cm³/mol. The zero-order valence-electron chi connectivity index (χ0n) is 16.6. The SMILES string of the molecule is O=C(CC1C(=O)N(c2ccccc2)C(=S)N1Cc1ccc(Cl)cc1)Nc1ccccc1. The molecule has 0 aromatic heterocycles. The molecular weight excluding hydrogens is 430 g/mol. The van der Waals surface area contributed by atoms with Crippen LogP contribution in [0.4, 0.5) is 11.4 Å². The molecule has 5 nitrogen and oxygen atoms in total. The number of anilines is 2. The number of amides is 2. The number of nitrogens with one attached hydrogen (secondary N) is 1. The highest BCUT2D eigenvalue weighted by Crippen LogP contribution is 2.29. The second-order valence-electron chi connectivity index (χ2n) is 7.18. The van der Waals surface area contributed by atoms with Crippen LogP contribution < -0.4 is 10.2 Å². The summed E-state index contributed by atoms with van der Waals surface area (Å²) in [5, 5.41) is 3.86. The van der Waals surface area contributed by atoms with E-state index < -0.39 is 6.04 Å². The number of benzene rings is 3. The van der Waals surface area contributed by atoms with Gasteiger partial charge >= 0.3 is 0 Å². The quantitative estimate of drug-likeness (QED) is 0.545. The van der Waals surface area contributed by atoms with E-state index in [2.05, 4.69) is 5.32 Å². The molecule has 1 aliphatic rings. The molecule has 1 fully saturated rings. The highest BCUT2D eigenvalue weighted by atomic mass is 35.5. The Balaban J connectivity index is 1.60. The van der Waals surface area contributed by atoms with Gasteiger partial charge in [0.25, 0.3) is 5.91 Å². The summed E-state index contributed by atoms with van der Waals surface area (Å²) in [5.74, 6) is -0.461. The first-order valence-electron chi connectivity index (χ1n) is 9.82. The molecule has 0 aliphatic carbocycles. The average molecular weight is 450 g/mol. The molecule has 7 heteroatoms. The Morgan fingerprint density at radius 3 is 2.19 bits per heavy atom. The van der Waals surface area contributed by atoms with Crippen LogP contribution in [0.3, 0.4) is 0 Å². The van der Waals surface area contributed by atoms with Gasteiger partial charge in [0.2, 0.25) is 5.91 Å². The van der Waals surface area contributed by atoms with Gasteiger partial charge in [-0.05, 0) is 54.2 Å². The van der Waals surface area contributed by atoms with Crippen molar-refractivity contribution in [3.05, 3.63) is 95.5 Å². The Morgan fingerprint density at radius 2 is 1.55 bits per heavy atom. The van der Waals surface area contributed by atoms with Crippen molar-refractivity contribution in [3.63, 3.8) is 0 Å². The van der Waals surface area contributed by atoms with Crippen LogP contribution in [0.1, 0.15) is 12.0 Å². The third-order valence-corrected chi connectivity index (χ3v) is 5.70. The molecule has 0 saturated carbocycles. The van der Waals surface area contributed by atoms with Gasteiger partial charge in [0.15, 0.2) is 5.11 Å². The van der Waals surface area contributed by atoms with Crippen molar-refractivity contribution in [2.24, 2.45) is 0 Å². The summed E-state index contributed by atoms with van der Waals surface area (Å²) in [6.45, 7) is 0.397. The van der Waals surface area contributed by atoms with E-state index in [1.807, 2.05) is 60.7 Å². The molecule has 3 aromatic rings. The minimum atomic E-state index is -0.702. The van der Waals surface area contributed by atoms with Gasteiger partial charge < -0.3 is 10.2 Å². The third-order valence-electron chi connectivity index (χ3n) is 5.04. The second-order valence-corrected chi connectivity index (χ2v) is 7.98. The van der Waals surface area contributed by atoms with E-state index in [1.54, 1.807) is 29.2 Å². The molecule has 2 amide bonds. The van der Waals surface area contributed by atoms with Gasteiger partial charge in [-0.1, -0.05) is 60.1 Å². The van der Waals surface area contributed by atoms with Crippen LogP contribution in [0.25, 0.3) is 0 Å². The Labute approximate surface area is 191 Å². The topological polar surface area (TPSA) is 52.7 Å². The fourth-order valence-electron chi connectivity index (χ4n) is 3.52. The first kappa shape index (κ1) is 21.0. The second kappa shape index (κ2) is 9.29. The van der Waals surface area contributed by atoms with Gasteiger partial charge in [-0.25, -0.2) is 0 Å². The average Bonchev–Trinajstić information content (AvgIpc) is 3.00. The standard InChI is InChI=1S/C24H20ClN3O2S/c25-18-13-11-17(12-14-18)16-27-21(15-22(29)26-19-7-3-1-4-8-19)23(30)28(24(27)31)20-9-5-2-6-10-20/h1-14,21H,15-16H2,(H,26,29). The van der Waals surface area contributed by atoms with Crippen molar-refractivity contribution in [2.75, 3.05) is 10.2 Å². The summed E-state index contributed by atoms with van der Waals surface area (Å²) in [6, 6.07) is 25.1. The monoisotopic (exact) mass is 449 g/mol. The first-order valence-corrected chi connectivity index (χ1v) is 10.6. The van der Waals surface area contributed by atoms with Gasteiger partial charge in [-0.2, -0.15) is 0 Å². The van der Waals surface area contributed by atoms with Crippen LogP contribution in [0, 0.1) is 0 Å². The maximum absolute atomic E-state index is 13.4. The minimum Gasteiger partial charge on any atom is -0.332 e. The molecular formula is C24H20ClN3O2S. The number of rotatable bonds is 6. The number of thiocarbonyl (C=S) groups is 1. The van der Waals surface area contributed by atoms with E-state index in [0.29, 0.717) is 28.1 Å². The van der Waals surface area contributed by atoms with Crippen molar-refractivity contribution in [1.29, 1.82) is 0 Å². The Morgan fingerprint density at radius 1 is 0.935 bits per heavy atom. The minimum absolute atomic E-state index is 0.00914. The van der Waals surface area contributed by atoms with Crippen molar-refractivity contribution in [3.8, 4) is 0 Å². The van der Waals surface area contributed by atoms with Crippen molar-refractivity contribution in [2.45, 2.75) is 19.0 Å². The molecule has 156 valence electrons. The highest BCUT2D eigenvalue weighted by molar-refractivity contribution is 7.80. The fraction of sp³-hybridized carbons (Fsp3) is 0.125. The van der Waals surface area contributed by atoms with E-state index >= 15 is 0 Å². The third kappa shape index (κ3) is 4.76. The molecule has 1 N–H and O–H groups in total. The van der Waals surface area contributed by atoms with E-state index in [4.69, 9.17) is 23.8 Å². The Kier molecular flexibility index (Phi) is 6.30. The molecule has 1 unspecified atom stereocenters. The van der Waals surface area contributed by atoms with E-state index in [-0.39, 0.29) is 18.2 Å². The van der Waals surface area contributed by atoms with Gasteiger partial charge in [0.05, 0.1) is 12.1 Å². The maximum Gasteiger partial charge on any atom is 0.256 e. The van der Waals surface area contributed by atoms with Crippen LogP contribution in [0.2, 0.25) is 5.02 Å². The largest absolute Gasteiger partial charge is 0.332 e. The Bertz CT molecular complexity index is 1090. The van der Waals surface area contributed by atoms with Gasteiger partial charge in [-0.15, -0.1) is 0 Å². The number of para-hydroxylation sites is 2. The van der Waals surface area contributed by atoms with Gasteiger partial charge in [0.1, 0.15) is 6.04 Å². The molecule has 1 atom stereocenters. The number of hydrogen-bond donors (Lipinski definition) is 1. The van der Waals surface area contributed by atoms with Gasteiger partial charge in [-0.3, -0.25) is 14.5 Å². The zero-order chi connectivity index (χ0) is 21.8. The summed E-state index contributed by atoms with van der Waals surface area (Å²) < 4.78 is 0. The smallest absolute Gasteiger partial charge is 0.256 e. The lowest BCUT2D eigenvalue weighted by Gasteiger charge is -2.24. The predicted octanol–water partition coefficient (Wildman–Crippen LogP) is 4.87. The summed E-state index contributed by atoms with van der Waals surface area (Å²) in [4.78, 5) is 29.4. The lowest BCUT2D eigenvalue weighted by Crippen LogP contribution is -2.37. The number of nitrogens with zero attached hydrogens (tertiary/aromatic N) is 2. The van der Waals surface area contributed by atoms with Crippen LogP contribution >= 0.6 is 23.8 Å². The van der Waals surface area contributed by atoms with E-state index in [9.17, 15) is 9.59 Å². The first-order chi connectivity index (χ1) is 15.0. The number of carbonyl (C=O) groups excluding carboxylic acids is 2. The molecule has 1 heterocycles. The van der Waals surface area contributed by atoms with Crippen LogP contribution in [-0.4, -0.2) is 27.9 Å². The lowest BCUT2D eigenvalue weighted by molar-refractivity contribution is -0.124. The molecule has 0 radical (unpaired) electrons. The van der Waals surface area contributed by atoms with Crippen molar-refractivity contribution in [1.82, 2.24) is 4.90 Å². The van der Waals surface area contributed by atoms with Crippen LogP contribution in [-0.2, 0) is 16.1 Å². The van der Waals surface area contributed by atoms with E-state index in [1.165, 1.54) is 4.90 Å². The Hall–Kier alpha value is -3.22. The molecule has 4 rings (SSSR count). The lowest BCUT2D eigenvalue weighted by atomic mass is 10.1. The van der Waals surface area contributed by atoms with E-state index in [0.717, 1.165) is 5.56 Å². The number of halogens is 1. The van der Waals surface area contributed by atoms with Gasteiger partial charge in [0, 0.05) is 17.3 Å².